The normalized spacial score (nSPS) is 10.9. The lowest BCUT2D eigenvalue weighted by Crippen LogP contribution is -2.20. The summed E-state index contributed by atoms with van der Waals surface area (Å²) in [6, 6.07) is 4.81. The predicted octanol–water partition coefficient (Wildman–Crippen LogP) is 3.01. The van der Waals surface area contributed by atoms with Gasteiger partial charge in [0.2, 0.25) is 0 Å². The van der Waals surface area contributed by atoms with Crippen LogP contribution >= 0.6 is 11.6 Å². The van der Waals surface area contributed by atoms with Crippen molar-refractivity contribution in [2.24, 2.45) is 5.92 Å². The molecule has 19 heavy (non-hydrogen) atoms. The lowest BCUT2D eigenvalue weighted by molar-refractivity contribution is -0.384. The quantitative estimate of drug-likeness (QED) is 0.453. The van der Waals surface area contributed by atoms with Gasteiger partial charge in [-0.1, -0.05) is 31.5 Å². The van der Waals surface area contributed by atoms with Crippen molar-refractivity contribution in [1.29, 1.82) is 0 Å². The fraction of sp³-hybridized carbons (Fsp3) is 0.538. The summed E-state index contributed by atoms with van der Waals surface area (Å²) in [6.07, 6.45) is 0. The van der Waals surface area contributed by atoms with Crippen LogP contribution in [0.1, 0.15) is 19.4 Å². The Kier molecular flexibility index (Phi) is 6.77. The molecule has 0 aromatic heterocycles. The molecule has 1 N–H and O–H groups in total. The summed E-state index contributed by atoms with van der Waals surface area (Å²) in [5, 5.41) is 14.1. The first-order chi connectivity index (χ1) is 9.00. The zero-order valence-corrected chi connectivity index (χ0v) is 11.9. The van der Waals surface area contributed by atoms with Gasteiger partial charge in [0.1, 0.15) is 5.02 Å². The fourth-order valence-corrected chi connectivity index (χ4v) is 1.69. The molecule has 1 aromatic carbocycles. The third-order valence-electron chi connectivity index (χ3n) is 2.41. The molecule has 0 bridgehead atoms. The third kappa shape index (κ3) is 6.00. The van der Waals surface area contributed by atoms with Crippen LogP contribution in [0.5, 0.6) is 0 Å². The largest absolute Gasteiger partial charge is 0.380 e. The molecule has 0 aliphatic rings. The maximum atomic E-state index is 10.7. The number of hydrogen-bond donors (Lipinski definition) is 1. The van der Waals surface area contributed by atoms with E-state index < -0.39 is 4.92 Å². The van der Waals surface area contributed by atoms with Crippen molar-refractivity contribution in [2.75, 3.05) is 19.8 Å². The van der Waals surface area contributed by atoms with Crippen LogP contribution in [0.3, 0.4) is 0 Å². The Morgan fingerprint density at radius 1 is 1.47 bits per heavy atom. The highest BCUT2D eigenvalue weighted by Gasteiger charge is 2.12. The van der Waals surface area contributed by atoms with Gasteiger partial charge in [0.05, 0.1) is 11.5 Å². The molecule has 0 aliphatic carbocycles. The van der Waals surface area contributed by atoms with Gasteiger partial charge in [0.15, 0.2) is 0 Å². The van der Waals surface area contributed by atoms with Gasteiger partial charge >= 0.3 is 0 Å². The standard InChI is InChI=1S/C13H19ClN2O3/c1-10(2)9-19-6-5-15-8-11-3-4-12(14)13(7-11)16(17)18/h3-4,7,10,15H,5-6,8-9H2,1-2H3. The predicted molar refractivity (Wildman–Crippen MR) is 75.5 cm³/mol. The summed E-state index contributed by atoms with van der Waals surface area (Å²) < 4.78 is 5.42. The Morgan fingerprint density at radius 2 is 2.21 bits per heavy atom. The number of benzene rings is 1. The molecular weight excluding hydrogens is 268 g/mol. The Balaban J connectivity index is 2.34. The van der Waals surface area contributed by atoms with Gasteiger partial charge < -0.3 is 10.1 Å². The first-order valence-corrected chi connectivity index (χ1v) is 6.59. The molecule has 0 heterocycles. The second-order valence-corrected chi connectivity index (χ2v) is 5.10. The lowest BCUT2D eigenvalue weighted by atomic mass is 10.2. The van der Waals surface area contributed by atoms with Crippen molar-refractivity contribution in [3.05, 3.63) is 38.9 Å². The van der Waals surface area contributed by atoms with E-state index in [2.05, 4.69) is 19.2 Å². The van der Waals surface area contributed by atoms with Crippen LogP contribution in [0.15, 0.2) is 18.2 Å². The molecule has 0 fully saturated rings. The molecule has 0 saturated carbocycles. The first kappa shape index (κ1) is 15.9. The van der Waals surface area contributed by atoms with E-state index in [0.29, 0.717) is 25.6 Å². The molecule has 0 unspecified atom stereocenters. The van der Waals surface area contributed by atoms with Gasteiger partial charge in [-0.2, -0.15) is 0 Å². The molecule has 0 aliphatic heterocycles. The highest BCUT2D eigenvalue weighted by atomic mass is 35.5. The molecule has 106 valence electrons. The monoisotopic (exact) mass is 286 g/mol. The van der Waals surface area contributed by atoms with Crippen LogP contribution in [-0.4, -0.2) is 24.7 Å². The minimum Gasteiger partial charge on any atom is -0.380 e. The zero-order chi connectivity index (χ0) is 14.3. The van der Waals surface area contributed by atoms with Gasteiger partial charge in [0, 0.05) is 25.8 Å². The number of nitrogens with zero attached hydrogens (tertiary/aromatic N) is 1. The minimum atomic E-state index is -0.475. The van der Waals surface area contributed by atoms with Crippen LogP contribution in [0.2, 0.25) is 5.02 Å². The van der Waals surface area contributed by atoms with E-state index in [9.17, 15) is 10.1 Å². The van der Waals surface area contributed by atoms with Gasteiger partial charge in [-0.25, -0.2) is 0 Å². The number of nitro benzene ring substituents is 1. The second-order valence-electron chi connectivity index (χ2n) is 4.69. The van der Waals surface area contributed by atoms with Crippen LogP contribution in [0, 0.1) is 16.0 Å². The highest BCUT2D eigenvalue weighted by Crippen LogP contribution is 2.24. The van der Waals surface area contributed by atoms with E-state index in [4.69, 9.17) is 16.3 Å². The summed E-state index contributed by atoms with van der Waals surface area (Å²) in [5.41, 5.74) is 0.775. The van der Waals surface area contributed by atoms with Gasteiger partial charge in [-0.05, 0) is 17.5 Å². The van der Waals surface area contributed by atoms with Gasteiger partial charge in [-0.3, -0.25) is 10.1 Å². The lowest BCUT2D eigenvalue weighted by Gasteiger charge is -2.08. The molecule has 5 nitrogen and oxygen atoms in total. The average Bonchev–Trinajstić information content (AvgIpc) is 2.34. The first-order valence-electron chi connectivity index (χ1n) is 6.22. The molecule has 0 saturated heterocycles. The zero-order valence-electron chi connectivity index (χ0n) is 11.2. The summed E-state index contributed by atoms with van der Waals surface area (Å²) in [4.78, 5) is 10.3. The Morgan fingerprint density at radius 3 is 2.84 bits per heavy atom. The Labute approximate surface area is 118 Å². The molecule has 6 heteroatoms. The van der Waals surface area contributed by atoms with Gasteiger partial charge in [0.25, 0.3) is 5.69 Å². The molecule has 1 aromatic rings. The number of ether oxygens (including phenoxy) is 1. The van der Waals surface area contributed by atoms with Crippen molar-refractivity contribution >= 4 is 17.3 Å². The Bertz CT molecular complexity index is 424. The van der Waals surface area contributed by atoms with E-state index in [-0.39, 0.29) is 10.7 Å². The topological polar surface area (TPSA) is 64.4 Å². The molecule has 0 amide bonds. The van der Waals surface area contributed by atoms with Crippen molar-refractivity contribution < 1.29 is 9.66 Å². The van der Waals surface area contributed by atoms with E-state index in [1.165, 1.54) is 6.07 Å². The van der Waals surface area contributed by atoms with Crippen molar-refractivity contribution in [1.82, 2.24) is 5.32 Å². The number of hydrogen-bond acceptors (Lipinski definition) is 4. The fourth-order valence-electron chi connectivity index (χ4n) is 1.50. The van der Waals surface area contributed by atoms with E-state index >= 15 is 0 Å². The smallest absolute Gasteiger partial charge is 0.288 e. The number of halogens is 1. The van der Waals surface area contributed by atoms with Crippen molar-refractivity contribution in [3.8, 4) is 0 Å². The summed E-state index contributed by atoms with van der Waals surface area (Å²) in [7, 11) is 0. The average molecular weight is 287 g/mol. The molecule has 1 rings (SSSR count). The molecule has 0 atom stereocenters. The summed E-state index contributed by atoms with van der Waals surface area (Å²) in [6.45, 7) is 6.84. The maximum Gasteiger partial charge on any atom is 0.288 e. The highest BCUT2D eigenvalue weighted by molar-refractivity contribution is 6.32. The van der Waals surface area contributed by atoms with E-state index in [1.807, 2.05) is 0 Å². The molecular formula is C13H19ClN2O3. The summed E-state index contributed by atoms with van der Waals surface area (Å²) in [5.74, 6) is 0.527. The van der Waals surface area contributed by atoms with E-state index in [1.54, 1.807) is 12.1 Å². The number of rotatable bonds is 8. The summed E-state index contributed by atoms with van der Waals surface area (Å²) >= 11 is 5.74. The van der Waals surface area contributed by atoms with Crippen LogP contribution in [-0.2, 0) is 11.3 Å². The maximum absolute atomic E-state index is 10.7. The van der Waals surface area contributed by atoms with Crippen molar-refractivity contribution in [3.63, 3.8) is 0 Å². The molecule has 0 radical (unpaired) electrons. The number of nitro groups is 1. The van der Waals surface area contributed by atoms with Gasteiger partial charge in [-0.15, -0.1) is 0 Å². The Hall–Kier alpha value is -1.17. The third-order valence-corrected chi connectivity index (χ3v) is 2.73. The van der Waals surface area contributed by atoms with E-state index in [0.717, 1.165) is 12.2 Å². The van der Waals surface area contributed by atoms with Crippen LogP contribution in [0.4, 0.5) is 5.69 Å². The van der Waals surface area contributed by atoms with Crippen LogP contribution < -0.4 is 5.32 Å². The van der Waals surface area contributed by atoms with Crippen molar-refractivity contribution in [2.45, 2.75) is 20.4 Å². The SMILES string of the molecule is CC(C)COCCNCc1ccc(Cl)c([N+](=O)[O-])c1. The minimum absolute atomic E-state index is 0.0583. The second kappa shape index (κ2) is 8.09. The van der Waals surface area contributed by atoms with Crippen LogP contribution in [0.25, 0.3) is 0 Å². The molecule has 0 spiro atoms. The number of nitrogens with one attached hydrogen (secondary N) is 1.